The molecule has 1 amide bonds. The van der Waals surface area contributed by atoms with Gasteiger partial charge in [-0.25, -0.2) is 29.0 Å². The van der Waals surface area contributed by atoms with E-state index in [4.69, 9.17) is 33.0 Å². The summed E-state index contributed by atoms with van der Waals surface area (Å²) >= 11 is 11.7. The van der Waals surface area contributed by atoms with Crippen molar-refractivity contribution in [1.82, 2.24) is 19.9 Å². The lowest BCUT2D eigenvalue weighted by Crippen LogP contribution is -2.42. The first-order valence-corrected chi connectivity index (χ1v) is 9.36. The smallest absolute Gasteiger partial charge is 0.336 e. The molecule has 1 aliphatic rings. The molecule has 0 spiro atoms. The lowest BCUT2D eigenvalue weighted by Gasteiger charge is -2.28. The summed E-state index contributed by atoms with van der Waals surface area (Å²) in [4.78, 5) is 35.9. The highest BCUT2D eigenvalue weighted by atomic mass is 35.5. The van der Waals surface area contributed by atoms with E-state index in [1.54, 1.807) is 13.0 Å². The van der Waals surface area contributed by atoms with Crippen LogP contribution in [0.4, 0.5) is 20.7 Å². The van der Waals surface area contributed by atoms with Crippen LogP contribution in [0, 0.1) is 12.7 Å². The van der Waals surface area contributed by atoms with Crippen LogP contribution in [0.1, 0.15) is 12.0 Å². The SMILES string of the molecule is Cc1cc2ncnc(Nc3ccc(Cl)c(Cl)c3F)c2nc1OOC(=O)N1CCC1. The second kappa shape index (κ2) is 7.84. The van der Waals surface area contributed by atoms with Gasteiger partial charge in [-0.1, -0.05) is 23.2 Å². The Labute approximate surface area is 174 Å². The fourth-order valence-electron chi connectivity index (χ4n) is 2.62. The van der Waals surface area contributed by atoms with E-state index >= 15 is 0 Å². The molecule has 2 aromatic heterocycles. The van der Waals surface area contributed by atoms with Gasteiger partial charge in [0.25, 0.3) is 5.88 Å². The maximum atomic E-state index is 14.4. The fourth-order valence-corrected chi connectivity index (χ4v) is 2.93. The Bertz CT molecular complexity index is 1110. The van der Waals surface area contributed by atoms with E-state index in [1.807, 2.05) is 0 Å². The first-order chi connectivity index (χ1) is 13.9. The molecule has 0 atom stereocenters. The fraction of sp³-hybridized carbons (Fsp3) is 0.222. The molecule has 1 aromatic carbocycles. The van der Waals surface area contributed by atoms with E-state index < -0.39 is 11.9 Å². The average Bonchev–Trinajstić information content (AvgIpc) is 2.65. The van der Waals surface area contributed by atoms with Crippen LogP contribution in [0.5, 0.6) is 5.88 Å². The highest BCUT2D eigenvalue weighted by Crippen LogP contribution is 2.33. The van der Waals surface area contributed by atoms with E-state index in [-0.39, 0.29) is 27.4 Å². The minimum Gasteiger partial charge on any atom is -0.336 e. The van der Waals surface area contributed by atoms with Gasteiger partial charge in [0.1, 0.15) is 11.8 Å². The van der Waals surface area contributed by atoms with Gasteiger partial charge in [-0.15, -0.1) is 0 Å². The van der Waals surface area contributed by atoms with Crippen molar-refractivity contribution in [3.63, 3.8) is 0 Å². The number of aromatic nitrogens is 3. The molecule has 8 nitrogen and oxygen atoms in total. The van der Waals surface area contributed by atoms with E-state index in [1.165, 1.54) is 23.4 Å². The molecule has 1 aliphatic heterocycles. The van der Waals surface area contributed by atoms with Gasteiger partial charge in [-0.3, -0.25) is 4.89 Å². The number of hydrogen-bond donors (Lipinski definition) is 1. The van der Waals surface area contributed by atoms with Crippen LogP contribution >= 0.6 is 23.2 Å². The molecule has 11 heteroatoms. The number of halogens is 3. The lowest BCUT2D eigenvalue weighted by atomic mass is 10.2. The molecule has 3 aromatic rings. The van der Waals surface area contributed by atoms with Crippen molar-refractivity contribution >= 4 is 51.8 Å². The second-order valence-electron chi connectivity index (χ2n) is 6.32. The Morgan fingerprint density at radius 3 is 2.79 bits per heavy atom. The van der Waals surface area contributed by atoms with E-state index in [0.29, 0.717) is 29.7 Å². The topological polar surface area (TPSA) is 89.5 Å². The Kier molecular flexibility index (Phi) is 5.25. The van der Waals surface area contributed by atoms with E-state index in [9.17, 15) is 9.18 Å². The number of nitrogens with zero attached hydrogens (tertiary/aromatic N) is 4. The predicted molar refractivity (Wildman–Crippen MR) is 105 cm³/mol. The first-order valence-electron chi connectivity index (χ1n) is 8.60. The third kappa shape index (κ3) is 3.83. The molecule has 4 rings (SSSR count). The summed E-state index contributed by atoms with van der Waals surface area (Å²) in [5.41, 5.74) is 1.44. The molecule has 0 saturated carbocycles. The zero-order chi connectivity index (χ0) is 20.5. The van der Waals surface area contributed by atoms with Crippen molar-refractivity contribution in [3.05, 3.63) is 46.0 Å². The number of nitrogens with one attached hydrogen (secondary N) is 1. The summed E-state index contributed by atoms with van der Waals surface area (Å²) in [5, 5.41) is 2.71. The zero-order valence-electron chi connectivity index (χ0n) is 15.1. The summed E-state index contributed by atoms with van der Waals surface area (Å²) in [6, 6.07) is 4.57. The van der Waals surface area contributed by atoms with Crippen molar-refractivity contribution in [2.45, 2.75) is 13.3 Å². The number of pyridine rings is 1. The van der Waals surface area contributed by atoms with Crippen LogP contribution in [-0.4, -0.2) is 39.0 Å². The summed E-state index contributed by atoms with van der Waals surface area (Å²) in [6.07, 6.45) is 1.66. The van der Waals surface area contributed by atoms with Crippen LogP contribution in [0.3, 0.4) is 0 Å². The summed E-state index contributed by atoms with van der Waals surface area (Å²) < 4.78 is 14.4. The number of amides is 1. The van der Waals surface area contributed by atoms with Gasteiger partial charge < -0.3 is 10.2 Å². The number of rotatable bonds is 4. The summed E-state index contributed by atoms with van der Waals surface area (Å²) in [6.45, 7) is 2.99. The van der Waals surface area contributed by atoms with Crippen molar-refractivity contribution < 1.29 is 19.0 Å². The van der Waals surface area contributed by atoms with E-state index in [2.05, 4.69) is 20.3 Å². The Balaban J connectivity index is 1.64. The van der Waals surface area contributed by atoms with Crippen LogP contribution in [-0.2, 0) is 4.89 Å². The molecule has 1 fully saturated rings. The first kappa shape index (κ1) is 19.4. The van der Waals surface area contributed by atoms with Gasteiger partial charge in [0.2, 0.25) is 0 Å². The zero-order valence-corrected chi connectivity index (χ0v) is 16.6. The number of hydrogen-bond acceptors (Lipinski definition) is 7. The molecule has 29 heavy (non-hydrogen) atoms. The third-order valence-corrected chi connectivity index (χ3v) is 5.13. The molecule has 0 aliphatic carbocycles. The van der Waals surface area contributed by atoms with Crippen LogP contribution < -0.4 is 10.2 Å². The molecular weight excluding hydrogens is 424 g/mol. The number of anilines is 2. The molecular formula is C18H14Cl2FN5O3. The minimum absolute atomic E-state index is 0.0634. The van der Waals surface area contributed by atoms with Crippen LogP contribution in [0.25, 0.3) is 11.0 Å². The highest BCUT2D eigenvalue weighted by Gasteiger charge is 2.23. The molecule has 1 N–H and O–H groups in total. The number of likely N-dealkylation sites (tertiary alicyclic amines) is 1. The van der Waals surface area contributed by atoms with Crippen LogP contribution in [0.2, 0.25) is 10.0 Å². The predicted octanol–water partition coefficient (Wildman–Crippen LogP) is 4.66. The standard InChI is InChI=1S/C18H14Cl2FN5O3/c1-9-7-12-15(25-17(9)28-29-18(27)26-5-2-6-26)16(23-8-22-12)24-11-4-3-10(19)13(20)14(11)21/h3-4,7-8H,2,5-6H2,1H3,(H,22,23,24). The molecule has 0 radical (unpaired) electrons. The van der Waals surface area contributed by atoms with Crippen molar-refractivity contribution in [3.8, 4) is 5.88 Å². The van der Waals surface area contributed by atoms with Crippen LogP contribution in [0.15, 0.2) is 24.5 Å². The summed E-state index contributed by atoms with van der Waals surface area (Å²) in [5.74, 6) is -0.442. The quantitative estimate of drug-likeness (QED) is 0.360. The highest BCUT2D eigenvalue weighted by molar-refractivity contribution is 6.42. The second-order valence-corrected chi connectivity index (χ2v) is 7.11. The molecule has 0 unspecified atom stereocenters. The Morgan fingerprint density at radius 1 is 1.28 bits per heavy atom. The minimum atomic E-state index is -0.724. The van der Waals surface area contributed by atoms with Gasteiger partial charge in [-0.05, 0) is 31.5 Å². The maximum absolute atomic E-state index is 14.4. The third-order valence-electron chi connectivity index (χ3n) is 4.35. The molecule has 1 saturated heterocycles. The number of carbonyl (C=O) groups is 1. The maximum Gasteiger partial charge on any atom is 0.452 e. The number of benzene rings is 1. The van der Waals surface area contributed by atoms with Crippen molar-refractivity contribution in [2.75, 3.05) is 18.4 Å². The van der Waals surface area contributed by atoms with Gasteiger partial charge >= 0.3 is 6.09 Å². The molecule has 3 heterocycles. The van der Waals surface area contributed by atoms with Gasteiger partial charge in [0.15, 0.2) is 11.6 Å². The number of aryl methyl sites for hydroxylation is 1. The van der Waals surface area contributed by atoms with E-state index in [0.717, 1.165) is 6.42 Å². The largest absolute Gasteiger partial charge is 0.452 e. The number of carbonyl (C=O) groups excluding carboxylic acids is 1. The molecule has 150 valence electrons. The number of fused-ring (bicyclic) bond motifs is 1. The van der Waals surface area contributed by atoms with Gasteiger partial charge in [0.05, 0.1) is 21.2 Å². The Morgan fingerprint density at radius 2 is 2.07 bits per heavy atom. The lowest BCUT2D eigenvalue weighted by molar-refractivity contribution is -0.161. The van der Waals surface area contributed by atoms with Gasteiger partial charge in [-0.2, -0.15) is 0 Å². The molecule has 0 bridgehead atoms. The van der Waals surface area contributed by atoms with Gasteiger partial charge in [0, 0.05) is 18.7 Å². The van der Waals surface area contributed by atoms with Crippen molar-refractivity contribution in [2.24, 2.45) is 0 Å². The normalized spacial score (nSPS) is 13.2. The van der Waals surface area contributed by atoms with Crippen molar-refractivity contribution in [1.29, 1.82) is 0 Å². The Hall–Kier alpha value is -2.91. The monoisotopic (exact) mass is 437 g/mol. The summed E-state index contributed by atoms with van der Waals surface area (Å²) in [7, 11) is 0. The average molecular weight is 438 g/mol.